The Labute approximate surface area is 150 Å². The number of amides is 3. The molecule has 0 radical (unpaired) electrons. The molecule has 0 unspecified atom stereocenters. The zero-order chi connectivity index (χ0) is 19.1. The van der Waals surface area contributed by atoms with Gasteiger partial charge in [-0.15, -0.1) is 0 Å². The highest BCUT2D eigenvalue weighted by atomic mass is 16.6. The standard InChI is InChI=1S/C17H21N3O6/c1-11-9-12(7-8-14(11)20(24)25)16(22)26-10-15(21)19-17(23)18-13-5-3-2-4-6-13/h7-9,13H,2-6,10H2,1H3,(H2,18,19,21,23). The third kappa shape index (κ3) is 5.54. The molecule has 0 heterocycles. The Kier molecular flexibility index (Phi) is 6.65. The lowest BCUT2D eigenvalue weighted by Gasteiger charge is -2.22. The van der Waals surface area contributed by atoms with E-state index in [1.807, 2.05) is 0 Å². The van der Waals surface area contributed by atoms with Crippen LogP contribution in [0.2, 0.25) is 0 Å². The molecule has 0 aliphatic heterocycles. The summed E-state index contributed by atoms with van der Waals surface area (Å²) in [5.74, 6) is -1.55. The Bertz CT molecular complexity index is 712. The molecule has 0 bridgehead atoms. The van der Waals surface area contributed by atoms with E-state index in [9.17, 15) is 24.5 Å². The van der Waals surface area contributed by atoms with Crippen LogP contribution < -0.4 is 10.6 Å². The number of imide groups is 1. The fourth-order valence-corrected chi connectivity index (χ4v) is 2.83. The first kappa shape index (κ1) is 19.4. The van der Waals surface area contributed by atoms with Crippen molar-refractivity contribution in [2.24, 2.45) is 0 Å². The Hall–Kier alpha value is -2.97. The Morgan fingerprint density at radius 3 is 2.54 bits per heavy atom. The molecule has 2 N–H and O–H groups in total. The van der Waals surface area contributed by atoms with Crippen LogP contribution in [-0.2, 0) is 9.53 Å². The van der Waals surface area contributed by atoms with Crippen LogP contribution in [0.25, 0.3) is 0 Å². The molecule has 140 valence electrons. The molecule has 1 fully saturated rings. The second-order valence-electron chi connectivity index (χ2n) is 6.19. The summed E-state index contributed by atoms with van der Waals surface area (Å²) < 4.78 is 4.84. The van der Waals surface area contributed by atoms with Gasteiger partial charge in [-0.05, 0) is 31.9 Å². The highest BCUT2D eigenvalue weighted by molar-refractivity contribution is 5.97. The van der Waals surface area contributed by atoms with Crippen LogP contribution in [0.15, 0.2) is 18.2 Å². The Morgan fingerprint density at radius 1 is 1.23 bits per heavy atom. The van der Waals surface area contributed by atoms with Crippen molar-refractivity contribution in [3.63, 3.8) is 0 Å². The van der Waals surface area contributed by atoms with E-state index in [1.54, 1.807) is 0 Å². The summed E-state index contributed by atoms with van der Waals surface area (Å²) >= 11 is 0. The van der Waals surface area contributed by atoms with E-state index in [0.717, 1.165) is 32.1 Å². The first-order valence-electron chi connectivity index (χ1n) is 8.39. The summed E-state index contributed by atoms with van der Waals surface area (Å²) in [4.78, 5) is 45.6. The van der Waals surface area contributed by atoms with Crippen molar-refractivity contribution in [3.8, 4) is 0 Å². The average molecular weight is 363 g/mol. The fraction of sp³-hybridized carbons (Fsp3) is 0.471. The van der Waals surface area contributed by atoms with Crippen LogP contribution in [0.4, 0.5) is 10.5 Å². The van der Waals surface area contributed by atoms with Crippen molar-refractivity contribution < 1.29 is 24.0 Å². The lowest BCUT2D eigenvalue weighted by Crippen LogP contribution is -2.46. The summed E-state index contributed by atoms with van der Waals surface area (Å²) in [5.41, 5.74) is 0.284. The molecular weight excluding hydrogens is 342 g/mol. The van der Waals surface area contributed by atoms with Gasteiger partial charge in [0.25, 0.3) is 11.6 Å². The van der Waals surface area contributed by atoms with Gasteiger partial charge in [-0.3, -0.25) is 20.2 Å². The van der Waals surface area contributed by atoms with E-state index in [-0.39, 0.29) is 17.3 Å². The molecule has 9 heteroatoms. The van der Waals surface area contributed by atoms with Crippen molar-refractivity contribution in [1.29, 1.82) is 0 Å². The molecule has 0 aromatic heterocycles. The van der Waals surface area contributed by atoms with Crippen molar-refractivity contribution >= 4 is 23.6 Å². The van der Waals surface area contributed by atoms with E-state index >= 15 is 0 Å². The number of esters is 1. The van der Waals surface area contributed by atoms with Crippen molar-refractivity contribution in [2.75, 3.05) is 6.61 Å². The van der Waals surface area contributed by atoms with E-state index in [1.165, 1.54) is 25.1 Å². The SMILES string of the molecule is Cc1cc(C(=O)OCC(=O)NC(=O)NC2CCCCC2)ccc1[N+](=O)[O-]. The minimum atomic E-state index is -0.800. The second-order valence-corrected chi connectivity index (χ2v) is 6.19. The first-order valence-corrected chi connectivity index (χ1v) is 8.39. The van der Waals surface area contributed by atoms with Crippen molar-refractivity contribution in [3.05, 3.63) is 39.4 Å². The average Bonchev–Trinajstić information content (AvgIpc) is 2.60. The molecule has 9 nitrogen and oxygen atoms in total. The van der Waals surface area contributed by atoms with Crippen LogP contribution in [0, 0.1) is 17.0 Å². The number of benzene rings is 1. The monoisotopic (exact) mass is 363 g/mol. The molecule has 1 aliphatic carbocycles. The topological polar surface area (TPSA) is 128 Å². The summed E-state index contributed by atoms with van der Waals surface area (Å²) in [5, 5.41) is 15.6. The zero-order valence-corrected chi connectivity index (χ0v) is 14.4. The van der Waals surface area contributed by atoms with Crippen molar-refractivity contribution in [2.45, 2.75) is 45.1 Å². The number of nitro benzene ring substituents is 1. The van der Waals surface area contributed by atoms with Gasteiger partial charge < -0.3 is 10.1 Å². The van der Waals surface area contributed by atoms with Crippen LogP contribution in [0.1, 0.15) is 48.0 Å². The fourth-order valence-electron chi connectivity index (χ4n) is 2.83. The molecule has 2 rings (SSSR count). The number of carbonyl (C=O) groups excluding carboxylic acids is 3. The van der Waals surface area contributed by atoms with Gasteiger partial charge in [0.1, 0.15) is 0 Å². The van der Waals surface area contributed by atoms with Crippen LogP contribution in [0.5, 0.6) is 0 Å². The van der Waals surface area contributed by atoms with Gasteiger partial charge in [0, 0.05) is 17.7 Å². The molecule has 0 spiro atoms. The van der Waals surface area contributed by atoms with E-state index in [4.69, 9.17) is 4.74 Å². The highest BCUT2D eigenvalue weighted by Crippen LogP contribution is 2.19. The smallest absolute Gasteiger partial charge is 0.338 e. The highest BCUT2D eigenvalue weighted by Gasteiger charge is 2.19. The third-order valence-electron chi connectivity index (χ3n) is 4.16. The number of nitrogens with one attached hydrogen (secondary N) is 2. The lowest BCUT2D eigenvalue weighted by atomic mass is 9.96. The largest absolute Gasteiger partial charge is 0.452 e. The minimum absolute atomic E-state index is 0.0576. The van der Waals surface area contributed by atoms with E-state index in [0.29, 0.717) is 5.56 Å². The Morgan fingerprint density at radius 2 is 1.92 bits per heavy atom. The molecule has 26 heavy (non-hydrogen) atoms. The molecule has 1 aliphatic rings. The summed E-state index contributed by atoms with van der Waals surface area (Å²) in [6.07, 6.45) is 5.01. The van der Waals surface area contributed by atoms with Gasteiger partial charge in [0.05, 0.1) is 10.5 Å². The van der Waals surface area contributed by atoms with Crippen LogP contribution in [0.3, 0.4) is 0 Å². The van der Waals surface area contributed by atoms with Gasteiger partial charge >= 0.3 is 12.0 Å². The van der Waals surface area contributed by atoms with Crippen LogP contribution >= 0.6 is 0 Å². The number of carbonyl (C=O) groups is 3. The molecule has 3 amide bonds. The quantitative estimate of drug-likeness (QED) is 0.469. The first-order chi connectivity index (χ1) is 12.4. The second kappa shape index (κ2) is 8.93. The van der Waals surface area contributed by atoms with Crippen LogP contribution in [-0.4, -0.2) is 35.5 Å². The van der Waals surface area contributed by atoms with Gasteiger partial charge in [-0.1, -0.05) is 19.3 Å². The van der Waals surface area contributed by atoms with Gasteiger partial charge in [-0.2, -0.15) is 0 Å². The number of nitro groups is 1. The molecule has 0 atom stereocenters. The maximum Gasteiger partial charge on any atom is 0.338 e. The lowest BCUT2D eigenvalue weighted by molar-refractivity contribution is -0.385. The predicted octanol–water partition coefficient (Wildman–Crippen LogP) is 2.22. The minimum Gasteiger partial charge on any atom is -0.452 e. The zero-order valence-electron chi connectivity index (χ0n) is 14.4. The third-order valence-corrected chi connectivity index (χ3v) is 4.16. The Balaban J connectivity index is 1.79. The number of hydrogen-bond donors (Lipinski definition) is 2. The summed E-state index contributed by atoms with van der Waals surface area (Å²) in [6, 6.07) is 3.21. The van der Waals surface area contributed by atoms with E-state index in [2.05, 4.69) is 10.6 Å². The normalized spacial score (nSPS) is 14.3. The number of aryl methyl sites for hydroxylation is 1. The number of nitrogens with zero attached hydrogens (tertiary/aromatic N) is 1. The van der Waals surface area contributed by atoms with Crippen molar-refractivity contribution in [1.82, 2.24) is 10.6 Å². The number of ether oxygens (including phenoxy) is 1. The molecule has 1 saturated carbocycles. The molecule has 1 aromatic carbocycles. The van der Waals surface area contributed by atoms with E-state index < -0.39 is 29.4 Å². The summed E-state index contributed by atoms with van der Waals surface area (Å²) in [7, 11) is 0. The molecular formula is C17H21N3O6. The maximum atomic E-state index is 11.9. The van der Waals surface area contributed by atoms with Gasteiger partial charge in [-0.25, -0.2) is 9.59 Å². The predicted molar refractivity (Wildman–Crippen MR) is 91.7 cm³/mol. The number of hydrogen-bond acceptors (Lipinski definition) is 6. The summed E-state index contributed by atoms with van der Waals surface area (Å²) in [6.45, 7) is 0.879. The maximum absolute atomic E-state index is 11.9. The molecule has 0 saturated heterocycles. The number of urea groups is 1. The van der Waals surface area contributed by atoms with Gasteiger partial charge in [0.2, 0.25) is 0 Å². The van der Waals surface area contributed by atoms with Gasteiger partial charge in [0.15, 0.2) is 6.61 Å². The number of rotatable bonds is 5. The molecule has 1 aromatic rings.